The fourth-order valence-electron chi connectivity index (χ4n) is 5.00. The van der Waals surface area contributed by atoms with Gasteiger partial charge in [-0.05, 0) is 42.4 Å². The van der Waals surface area contributed by atoms with Gasteiger partial charge in [-0.25, -0.2) is 9.37 Å². The van der Waals surface area contributed by atoms with E-state index >= 15 is 4.39 Å². The number of aryl methyl sites for hydroxylation is 1. The molecular weight excluding hydrogens is 453 g/mol. The number of carbonyl (C=O) groups excluding carboxylic acids is 1. The highest BCUT2D eigenvalue weighted by atomic mass is 35.5. The molecule has 2 aliphatic rings. The number of methoxy groups -OCH3 is 1. The van der Waals surface area contributed by atoms with Gasteiger partial charge in [-0.3, -0.25) is 4.79 Å². The first kappa shape index (κ1) is 22.8. The minimum absolute atomic E-state index is 0.0566. The number of nitrogens with zero attached hydrogens (tertiary/aromatic N) is 1. The zero-order valence-corrected chi connectivity index (χ0v) is 19.8. The van der Waals surface area contributed by atoms with Gasteiger partial charge in [0.1, 0.15) is 5.82 Å². The second-order valence-electron chi connectivity index (χ2n) is 8.88. The number of aromatic nitrogens is 1. The molecule has 3 aromatic rings. The standard InChI is InChI=1S/C27H27ClFN3O2/c1-34-27-22(15-30-14-17-11-12-25(33)31-17)23(29)13-24(32-27)21-10-4-9-20(26(21)28)19-8-3-6-16-5-2-7-18(16)19/h3-4,6,8-10,13,17,30H,2,5,7,11-12,14-15H2,1H3,(H,31,33)/t17-/m0/s1. The molecule has 1 aliphatic heterocycles. The lowest BCUT2D eigenvalue weighted by molar-refractivity contribution is -0.119. The van der Waals surface area contributed by atoms with Crippen molar-refractivity contribution >= 4 is 17.5 Å². The van der Waals surface area contributed by atoms with E-state index in [0.717, 1.165) is 36.8 Å². The molecule has 0 spiro atoms. The number of halogens is 2. The van der Waals surface area contributed by atoms with E-state index in [9.17, 15) is 4.79 Å². The normalized spacial score (nSPS) is 17.0. The zero-order valence-electron chi connectivity index (χ0n) is 19.1. The number of hydrogen-bond donors (Lipinski definition) is 2. The average Bonchev–Trinajstić information content (AvgIpc) is 3.48. The molecule has 0 bridgehead atoms. The van der Waals surface area contributed by atoms with E-state index in [1.54, 1.807) is 0 Å². The van der Waals surface area contributed by atoms with Crippen LogP contribution in [0.4, 0.5) is 4.39 Å². The topological polar surface area (TPSA) is 63.2 Å². The summed E-state index contributed by atoms with van der Waals surface area (Å²) in [5, 5.41) is 6.66. The molecule has 1 aromatic heterocycles. The fourth-order valence-corrected chi connectivity index (χ4v) is 5.32. The first-order valence-corrected chi connectivity index (χ1v) is 12.1. The molecule has 5 rings (SSSR count). The van der Waals surface area contributed by atoms with Gasteiger partial charge < -0.3 is 15.4 Å². The van der Waals surface area contributed by atoms with E-state index in [1.165, 1.54) is 24.3 Å². The Morgan fingerprint density at radius 3 is 2.74 bits per heavy atom. The Kier molecular flexibility index (Phi) is 6.53. The van der Waals surface area contributed by atoms with Gasteiger partial charge >= 0.3 is 0 Å². The molecule has 2 aromatic carbocycles. The number of carbonyl (C=O) groups is 1. The van der Waals surface area contributed by atoms with Crippen molar-refractivity contribution in [2.45, 2.75) is 44.7 Å². The molecule has 0 unspecified atom stereocenters. The third-order valence-corrected chi connectivity index (χ3v) is 7.12. The van der Waals surface area contributed by atoms with Gasteiger partial charge in [0, 0.05) is 42.7 Å². The Labute approximate surface area is 203 Å². The van der Waals surface area contributed by atoms with Crippen molar-refractivity contribution < 1.29 is 13.9 Å². The average molecular weight is 480 g/mol. The zero-order chi connectivity index (χ0) is 23.7. The van der Waals surface area contributed by atoms with Crippen molar-refractivity contribution in [2.75, 3.05) is 13.7 Å². The van der Waals surface area contributed by atoms with Crippen molar-refractivity contribution in [1.29, 1.82) is 0 Å². The predicted octanol–water partition coefficient (Wildman–Crippen LogP) is 5.07. The Hall–Kier alpha value is -2.96. The lowest BCUT2D eigenvalue weighted by Crippen LogP contribution is -2.35. The van der Waals surface area contributed by atoms with E-state index in [-0.39, 0.29) is 24.4 Å². The van der Waals surface area contributed by atoms with Crippen LogP contribution in [0.2, 0.25) is 5.02 Å². The summed E-state index contributed by atoms with van der Waals surface area (Å²) in [4.78, 5) is 16.0. The van der Waals surface area contributed by atoms with E-state index in [1.807, 2.05) is 18.2 Å². The largest absolute Gasteiger partial charge is 0.481 e. The number of nitrogens with one attached hydrogen (secondary N) is 2. The van der Waals surface area contributed by atoms with Crippen molar-refractivity contribution in [3.8, 4) is 28.3 Å². The number of hydrogen-bond acceptors (Lipinski definition) is 4. The Balaban J connectivity index is 1.43. The second kappa shape index (κ2) is 9.72. The van der Waals surface area contributed by atoms with Crippen LogP contribution in [0, 0.1) is 5.82 Å². The van der Waals surface area contributed by atoms with Gasteiger partial charge in [0.2, 0.25) is 11.8 Å². The number of benzene rings is 2. The maximum atomic E-state index is 15.2. The quantitative estimate of drug-likeness (QED) is 0.496. The number of amides is 1. The third-order valence-electron chi connectivity index (χ3n) is 6.71. The summed E-state index contributed by atoms with van der Waals surface area (Å²) in [6.45, 7) is 0.809. The van der Waals surface area contributed by atoms with Crippen LogP contribution in [-0.4, -0.2) is 30.6 Å². The van der Waals surface area contributed by atoms with Crippen LogP contribution in [0.1, 0.15) is 36.0 Å². The molecule has 2 N–H and O–H groups in total. The van der Waals surface area contributed by atoms with Crippen LogP contribution in [0.5, 0.6) is 5.88 Å². The summed E-state index contributed by atoms with van der Waals surface area (Å²) in [6.07, 6.45) is 4.59. The molecule has 0 radical (unpaired) electrons. The molecule has 5 nitrogen and oxygen atoms in total. The molecule has 1 amide bonds. The maximum Gasteiger partial charge on any atom is 0.221 e. The molecule has 1 atom stereocenters. The van der Waals surface area contributed by atoms with Crippen LogP contribution in [-0.2, 0) is 24.2 Å². The highest BCUT2D eigenvalue weighted by Gasteiger charge is 2.22. The highest BCUT2D eigenvalue weighted by Crippen LogP contribution is 2.40. The van der Waals surface area contributed by atoms with Crippen molar-refractivity contribution in [1.82, 2.24) is 15.6 Å². The van der Waals surface area contributed by atoms with Crippen molar-refractivity contribution in [2.24, 2.45) is 0 Å². The Morgan fingerprint density at radius 2 is 1.94 bits per heavy atom. The summed E-state index contributed by atoms with van der Waals surface area (Å²) >= 11 is 6.89. The maximum absolute atomic E-state index is 15.2. The van der Waals surface area contributed by atoms with Gasteiger partial charge in [-0.1, -0.05) is 48.0 Å². The minimum atomic E-state index is -0.410. The molecule has 0 saturated carbocycles. The van der Waals surface area contributed by atoms with E-state index < -0.39 is 5.82 Å². The van der Waals surface area contributed by atoms with E-state index in [0.29, 0.717) is 34.8 Å². The summed E-state index contributed by atoms with van der Waals surface area (Å²) in [5.41, 5.74) is 6.24. The van der Waals surface area contributed by atoms with Crippen LogP contribution in [0.15, 0.2) is 42.5 Å². The Bertz CT molecular complexity index is 1250. The predicted molar refractivity (Wildman–Crippen MR) is 132 cm³/mol. The summed E-state index contributed by atoms with van der Waals surface area (Å²) in [5.74, 6) is -0.131. The number of ether oxygens (including phenoxy) is 1. The van der Waals surface area contributed by atoms with Gasteiger partial charge in [0.15, 0.2) is 0 Å². The first-order valence-electron chi connectivity index (χ1n) is 11.7. The molecule has 1 saturated heterocycles. The molecule has 7 heteroatoms. The minimum Gasteiger partial charge on any atom is -0.481 e. The SMILES string of the molecule is COc1nc(-c2cccc(-c3cccc4c3CCC4)c2Cl)cc(F)c1CNC[C@@H]1CCC(=O)N1. The number of fused-ring (bicyclic) bond motifs is 1. The first-order chi connectivity index (χ1) is 16.5. The van der Waals surface area contributed by atoms with Gasteiger partial charge in [-0.2, -0.15) is 0 Å². The van der Waals surface area contributed by atoms with Gasteiger partial charge in [-0.15, -0.1) is 0 Å². The summed E-state index contributed by atoms with van der Waals surface area (Å²) in [6, 6.07) is 13.6. The highest BCUT2D eigenvalue weighted by molar-refractivity contribution is 6.36. The van der Waals surface area contributed by atoms with Crippen molar-refractivity contribution in [3.05, 3.63) is 70.0 Å². The molecule has 176 valence electrons. The van der Waals surface area contributed by atoms with Gasteiger partial charge in [0.05, 0.1) is 23.4 Å². The number of pyridine rings is 1. The van der Waals surface area contributed by atoms with E-state index in [4.69, 9.17) is 16.3 Å². The fraction of sp³-hybridized carbons (Fsp3) is 0.333. The van der Waals surface area contributed by atoms with Crippen LogP contribution < -0.4 is 15.4 Å². The van der Waals surface area contributed by atoms with Crippen molar-refractivity contribution in [3.63, 3.8) is 0 Å². The summed E-state index contributed by atoms with van der Waals surface area (Å²) in [7, 11) is 1.48. The van der Waals surface area contributed by atoms with Crippen LogP contribution in [0.3, 0.4) is 0 Å². The van der Waals surface area contributed by atoms with Crippen LogP contribution in [0.25, 0.3) is 22.4 Å². The third kappa shape index (κ3) is 4.40. The smallest absolute Gasteiger partial charge is 0.221 e. The molecule has 1 fully saturated rings. The Morgan fingerprint density at radius 1 is 1.15 bits per heavy atom. The van der Waals surface area contributed by atoms with E-state index in [2.05, 4.69) is 33.8 Å². The molecule has 2 heterocycles. The molecular formula is C27H27ClFN3O2. The molecule has 34 heavy (non-hydrogen) atoms. The monoisotopic (exact) mass is 479 g/mol. The summed E-state index contributed by atoms with van der Waals surface area (Å²) < 4.78 is 20.6. The number of rotatable bonds is 7. The van der Waals surface area contributed by atoms with Crippen LogP contribution >= 0.6 is 11.6 Å². The lowest BCUT2D eigenvalue weighted by Gasteiger charge is -2.16. The molecule has 1 aliphatic carbocycles. The second-order valence-corrected chi connectivity index (χ2v) is 9.25. The van der Waals surface area contributed by atoms with Gasteiger partial charge in [0.25, 0.3) is 0 Å². The lowest BCUT2D eigenvalue weighted by atomic mass is 9.95.